The minimum absolute atomic E-state index is 0.175. The number of fused-ring (bicyclic) bond motifs is 1. The molecule has 0 spiro atoms. The summed E-state index contributed by atoms with van der Waals surface area (Å²) in [6.45, 7) is 1.88. The molecule has 3 aromatic rings. The van der Waals surface area contributed by atoms with Crippen molar-refractivity contribution in [3.05, 3.63) is 63.9 Å². The van der Waals surface area contributed by atoms with Gasteiger partial charge in [0.1, 0.15) is 5.65 Å². The Bertz CT molecular complexity index is 844. The molecule has 1 amide bonds. The molecular formula is C16H13Cl2N3O. The summed E-state index contributed by atoms with van der Waals surface area (Å²) in [7, 11) is 0. The summed E-state index contributed by atoms with van der Waals surface area (Å²) in [5.41, 5.74) is 2.08. The van der Waals surface area contributed by atoms with Gasteiger partial charge < -0.3 is 10.3 Å². The third-order valence-electron chi connectivity index (χ3n) is 3.48. The molecule has 0 saturated carbocycles. The van der Waals surface area contributed by atoms with Gasteiger partial charge in [0.15, 0.2) is 0 Å². The number of hydrogen-bond donors (Lipinski definition) is 2. The van der Waals surface area contributed by atoms with Gasteiger partial charge in [-0.25, -0.2) is 4.98 Å². The van der Waals surface area contributed by atoms with Crippen LogP contribution in [0.5, 0.6) is 0 Å². The Morgan fingerprint density at radius 3 is 2.86 bits per heavy atom. The Labute approximate surface area is 137 Å². The van der Waals surface area contributed by atoms with E-state index in [2.05, 4.69) is 15.3 Å². The summed E-state index contributed by atoms with van der Waals surface area (Å²) >= 11 is 12.1. The molecule has 2 heterocycles. The highest BCUT2D eigenvalue weighted by Gasteiger charge is 2.16. The molecule has 4 nitrogen and oxygen atoms in total. The lowest BCUT2D eigenvalue weighted by Crippen LogP contribution is -2.27. The number of amides is 1. The Hall–Kier alpha value is -2.04. The number of carbonyl (C=O) groups is 1. The zero-order chi connectivity index (χ0) is 15.7. The second-order valence-electron chi connectivity index (χ2n) is 4.96. The van der Waals surface area contributed by atoms with E-state index in [1.807, 2.05) is 19.1 Å². The maximum Gasteiger partial charge on any atom is 0.252 e. The molecule has 1 aromatic carbocycles. The highest BCUT2D eigenvalue weighted by Crippen LogP contribution is 2.26. The van der Waals surface area contributed by atoms with Gasteiger partial charge in [0.2, 0.25) is 0 Å². The number of aromatic nitrogens is 2. The van der Waals surface area contributed by atoms with Crippen LogP contribution in [-0.4, -0.2) is 15.9 Å². The molecule has 1 unspecified atom stereocenters. The number of benzene rings is 1. The van der Waals surface area contributed by atoms with E-state index in [0.29, 0.717) is 21.3 Å². The van der Waals surface area contributed by atoms with E-state index in [1.54, 1.807) is 30.6 Å². The van der Waals surface area contributed by atoms with Gasteiger partial charge in [0.05, 0.1) is 11.6 Å². The van der Waals surface area contributed by atoms with Gasteiger partial charge in [0, 0.05) is 27.8 Å². The molecule has 6 heteroatoms. The Balaban J connectivity index is 1.86. The summed E-state index contributed by atoms with van der Waals surface area (Å²) in [6, 6.07) is 8.52. The molecule has 0 aliphatic heterocycles. The van der Waals surface area contributed by atoms with Crippen molar-refractivity contribution in [2.45, 2.75) is 13.0 Å². The number of aromatic amines is 1. The van der Waals surface area contributed by atoms with Gasteiger partial charge in [-0.05, 0) is 36.8 Å². The number of nitrogens with zero attached hydrogens (tertiary/aromatic N) is 1. The molecular weight excluding hydrogens is 321 g/mol. The lowest BCUT2D eigenvalue weighted by Gasteiger charge is -2.16. The zero-order valence-corrected chi connectivity index (χ0v) is 13.2. The molecule has 3 rings (SSSR count). The molecule has 0 fully saturated rings. The third-order valence-corrected chi connectivity index (χ3v) is 4.04. The van der Waals surface area contributed by atoms with Crippen LogP contribution in [0.3, 0.4) is 0 Å². The zero-order valence-electron chi connectivity index (χ0n) is 11.7. The summed E-state index contributed by atoms with van der Waals surface area (Å²) in [5.74, 6) is -0.175. The SMILES string of the molecule is CC(NC(=O)c1ccnc2[nH]ccc12)c1ccc(Cl)cc1Cl. The summed E-state index contributed by atoms with van der Waals surface area (Å²) in [5, 5.41) is 4.83. The van der Waals surface area contributed by atoms with Crippen LogP contribution in [0.1, 0.15) is 28.9 Å². The molecule has 0 radical (unpaired) electrons. The first-order chi connectivity index (χ1) is 10.6. The highest BCUT2D eigenvalue weighted by molar-refractivity contribution is 6.35. The van der Waals surface area contributed by atoms with Gasteiger partial charge in [-0.2, -0.15) is 0 Å². The molecule has 22 heavy (non-hydrogen) atoms. The number of halogens is 2. The van der Waals surface area contributed by atoms with E-state index in [-0.39, 0.29) is 11.9 Å². The van der Waals surface area contributed by atoms with E-state index in [4.69, 9.17) is 23.2 Å². The van der Waals surface area contributed by atoms with Crippen molar-refractivity contribution in [2.24, 2.45) is 0 Å². The monoisotopic (exact) mass is 333 g/mol. The molecule has 0 saturated heterocycles. The second-order valence-corrected chi connectivity index (χ2v) is 5.80. The Kier molecular flexibility index (Phi) is 4.05. The van der Waals surface area contributed by atoms with Gasteiger partial charge in [0.25, 0.3) is 5.91 Å². The molecule has 0 aliphatic rings. The van der Waals surface area contributed by atoms with Gasteiger partial charge in [-0.1, -0.05) is 29.3 Å². The van der Waals surface area contributed by atoms with E-state index < -0.39 is 0 Å². The Morgan fingerprint density at radius 1 is 1.27 bits per heavy atom. The fourth-order valence-corrected chi connectivity index (χ4v) is 2.94. The first-order valence-corrected chi connectivity index (χ1v) is 7.50. The lowest BCUT2D eigenvalue weighted by molar-refractivity contribution is 0.0941. The van der Waals surface area contributed by atoms with Crippen LogP contribution in [0.25, 0.3) is 11.0 Å². The molecule has 0 bridgehead atoms. The summed E-state index contributed by atoms with van der Waals surface area (Å²) in [6.07, 6.45) is 3.36. The van der Waals surface area contributed by atoms with Crippen molar-refractivity contribution >= 4 is 40.1 Å². The van der Waals surface area contributed by atoms with Crippen molar-refractivity contribution in [1.82, 2.24) is 15.3 Å². The number of rotatable bonds is 3. The first-order valence-electron chi connectivity index (χ1n) is 6.74. The van der Waals surface area contributed by atoms with E-state index in [0.717, 1.165) is 10.9 Å². The second kappa shape index (κ2) is 5.99. The fourth-order valence-electron chi connectivity index (χ4n) is 2.36. The molecule has 2 N–H and O–H groups in total. The van der Waals surface area contributed by atoms with Crippen molar-refractivity contribution in [2.75, 3.05) is 0 Å². The van der Waals surface area contributed by atoms with Crippen molar-refractivity contribution in [3.8, 4) is 0 Å². The van der Waals surface area contributed by atoms with Gasteiger partial charge in [-0.3, -0.25) is 4.79 Å². The van der Waals surface area contributed by atoms with Crippen LogP contribution in [0.2, 0.25) is 10.0 Å². The van der Waals surface area contributed by atoms with Crippen molar-refractivity contribution < 1.29 is 4.79 Å². The van der Waals surface area contributed by atoms with E-state index >= 15 is 0 Å². The fraction of sp³-hybridized carbons (Fsp3) is 0.125. The topological polar surface area (TPSA) is 57.8 Å². The van der Waals surface area contributed by atoms with Crippen molar-refractivity contribution in [1.29, 1.82) is 0 Å². The largest absolute Gasteiger partial charge is 0.346 e. The quantitative estimate of drug-likeness (QED) is 0.748. The molecule has 112 valence electrons. The maximum absolute atomic E-state index is 12.5. The lowest BCUT2D eigenvalue weighted by atomic mass is 10.1. The number of hydrogen-bond acceptors (Lipinski definition) is 2. The van der Waals surface area contributed by atoms with Crippen LogP contribution >= 0.6 is 23.2 Å². The minimum Gasteiger partial charge on any atom is -0.346 e. The number of pyridine rings is 1. The normalized spacial score (nSPS) is 12.3. The maximum atomic E-state index is 12.5. The van der Waals surface area contributed by atoms with Crippen LogP contribution in [0.15, 0.2) is 42.7 Å². The van der Waals surface area contributed by atoms with Crippen LogP contribution < -0.4 is 5.32 Å². The summed E-state index contributed by atoms with van der Waals surface area (Å²) in [4.78, 5) is 19.7. The third kappa shape index (κ3) is 2.80. The van der Waals surface area contributed by atoms with E-state index in [1.165, 1.54) is 0 Å². The molecule has 0 aliphatic carbocycles. The number of nitrogens with one attached hydrogen (secondary N) is 2. The van der Waals surface area contributed by atoms with Crippen LogP contribution in [-0.2, 0) is 0 Å². The average molecular weight is 334 g/mol. The standard InChI is InChI=1S/C16H13Cl2N3O/c1-9(11-3-2-10(17)8-14(11)18)21-16(22)13-5-7-20-15-12(13)4-6-19-15/h2-9H,1H3,(H,19,20)(H,21,22). The minimum atomic E-state index is -0.237. The van der Waals surface area contributed by atoms with E-state index in [9.17, 15) is 4.79 Å². The smallest absolute Gasteiger partial charge is 0.252 e. The molecule has 1 atom stereocenters. The van der Waals surface area contributed by atoms with Gasteiger partial charge in [-0.15, -0.1) is 0 Å². The summed E-state index contributed by atoms with van der Waals surface area (Å²) < 4.78 is 0. The van der Waals surface area contributed by atoms with Crippen LogP contribution in [0.4, 0.5) is 0 Å². The predicted molar refractivity (Wildman–Crippen MR) is 88.4 cm³/mol. The highest BCUT2D eigenvalue weighted by atomic mass is 35.5. The van der Waals surface area contributed by atoms with Gasteiger partial charge >= 0.3 is 0 Å². The first kappa shape index (κ1) is 14.9. The van der Waals surface area contributed by atoms with Crippen LogP contribution in [0, 0.1) is 0 Å². The Morgan fingerprint density at radius 2 is 2.09 bits per heavy atom. The average Bonchev–Trinajstić information content (AvgIpc) is 2.95. The number of carbonyl (C=O) groups excluding carboxylic acids is 1. The predicted octanol–water partition coefficient (Wildman–Crippen LogP) is 4.36. The number of H-pyrrole nitrogens is 1. The van der Waals surface area contributed by atoms with Crippen molar-refractivity contribution in [3.63, 3.8) is 0 Å². The molecule has 2 aromatic heterocycles.